The Kier molecular flexibility index (Phi) is 3.49. The van der Waals surface area contributed by atoms with Gasteiger partial charge in [-0.05, 0) is 6.42 Å². The van der Waals surface area contributed by atoms with Crippen molar-refractivity contribution in [3.63, 3.8) is 0 Å². The fourth-order valence-electron chi connectivity index (χ4n) is 1.01. The van der Waals surface area contributed by atoms with Crippen LogP contribution in [-0.2, 0) is 6.54 Å². The molecule has 0 aliphatic carbocycles. The van der Waals surface area contributed by atoms with Crippen LogP contribution >= 0.6 is 0 Å². The Morgan fingerprint density at radius 2 is 2.38 bits per heavy atom. The summed E-state index contributed by atoms with van der Waals surface area (Å²) in [6.07, 6.45) is 6.58. The van der Waals surface area contributed by atoms with Gasteiger partial charge in [-0.15, -0.1) is 0 Å². The molecule has 0 saturated carbocycles. The first-order valence-corrected chi connectivity index (χ1v) is 4.45. The first kappa shape index (κ1) is 9.77. The van der Waals surface area contributed by atoms with Gasteiger partial charge in [0.2, 0.25) is 5.95 Å². The zero-order chi connectivity index (χ0) is 9.68. The van der Waals surface area contributed by atoms with Gasteiger partial charge >= 0.3 is 0 Å². The van der Waals surface area contributed by atoms with E-state index in [1.807, 2.05) is 29.8 Å². The van der Waals surface area contributed by atoms with Gasteiger partial charge in [0.25, 0.3) is 0 Å². The van der Waals surface area contributed by atoms with Crippen molar-refractivity contribution >= 4 is 12.3 Å². The third kappa shape index (κ3) is 2.89. The van der Waals surface area contributed by atoms with Crippen molar-refractivity contribution in [3.05, 3.63) is 12.4 Å². The molecule has 4 heteroatoms. The molecule has 0 aliphatic heterocycles. The highest BCUT2D eigenvalue weighted by Crippen LogP contribution is 2.08. The molecule has 0 unspecified atom stereocenters. The normalized spacial score (nSPS) is 11.0. The second kappa shape index (κ2) is 4.64. The zero-order valence-corrected chi connectivity index (χ0v) is 8.44. The predicted molar refractivity (Wildman–Crippen MR) is 54.4 cm³/mol. The largest absolute Gasteiger partial charge is 0.369 e. The van der Waals surface area contributed by atoms with Crippen molar-refractivity contribution in [2.24, 2.45) is 4.99 Å². The van der Waals surface area contributed by atoms with Crippen LogP contribution in [0.4, 0.5) is 5.95 Å². The first-order chi connectivity index (χ1) is 6.24. The van der Waals surface area contributed by atoms with E-state index in [0.29, 0.717) is 0 Å². The lowest BCUT2D eigenvalue weighted by Gasteiger charge is -2.03. The van der Waals surface area contributed by atoms with E-state index < -0.39 is 0 Å². The van der Waals surface area contributed by atoms with Gasteiger partial charge in [-0.25, -0.2) is 9.98 Å². The number of hydrogen-bond donors (Lipinski definition) is 0. The van der Waals surface area contributed by atoms with Gasteiger partial charge in [0.05, 0.1) is 6.34 Å². The number of hydrogen-bond acceptors (Lipinski definition) is 2. The fraction of sp³-hybridized carbons (Fsp3) is 0.556. The molecular weight excluding hydrogens is 164 g/mol. The number of aliphatic imine (C=N–C) groups is 1. The maximum Gasteiger partial charge on any atom is 0.230 e. The molecule has 1 aromatic heterocycles. The molecule has 0 spiro atoms. The maximum absolute atomic E-state index is 4.24. The third-order valence-corrected chi connectivity index (χ3v) is 1.56. The summed E-state index contributed by atoms with van der Waals surface area (Å²) in [5.41, 5.74) is 0. The second-order valence-corrected chi connectivity index (χ2v) is 3.13. The van der Waals surface area contributed by atoms with E-state index in [0.717, 1.165) is 18.9 Å². The van der Waals surface area contributed by atoms with Gasteiger partial charge in [0, 0.05) is 33.0 Å². The van der Waals surface area contributed by atoms with Gasteiger partial charge in [0.15, 0.2) is 0 Å². The van der Waals surface area contributed by atoms with Crippen molar-refractivity contribution in [2.75, 3.05) is 14.1 Å². The van der Waals surface area contributed by atoms with Crippen LogP contribution in [0.15, 0.2) is 17.4 Å². The first-order valence-electron chi connectivity index (χ1n) is 4.45. The summed E-state index contributed by atoms with van der Waals surface area (Å²) in [6.45, 7) is 3.11. The molecule has 13 heavy (non-hydrogen) atoms. The van der Waals surface area contributed by atoms with Gasteiger partial charge < -0.3 is 9.47 Å². The van der Waals surface area contributed by atoms with Crippen molar-refractivity contribution < 1.29 is 0 Å². The molecule has 1 aromatic rings. The van der Waals surface area contributed by atoms with Crippen LogP contribution in [0.2, 0.25) is 0 Å². The topological polar surface area (TPSA) is 33.4 Å². The zero-order valence-electron chi connectivity index (χ0n) is 8.44. The summed E-state index contributed by atoms with van der Waals surface area (Å²) in [5, 5.41) is 0. The molecule has 4 nitrogen and oxygen atoms in total. The minimum atomic E-state index is 0.774. The van der Waals surface area contributed by atoms with Gasteiger partial charge in [-0.1, -0.05) is 6.92 Å². The van der Waals surface area contributed by atoms with E-state index >= 15 is 0 Å². The molecule has 0 saturated heterocycles. The van der Waals surface area contributed by atoms with Crippen LogP contribution in [0, 0.1) is 0 Å². The molecule has 0 radical (unpaired) electrons. The summed E-state index contributed by atoms with van der Waals surface area (Å²) in [4.78, 5) is 10.3. The molecule has 0 N–H and O–H groups in total. The van der Waals surface area contributed by atoms with Crippen LogP contribution in [0.25, 0.3) is 0 Å². The minimum absolute atomic E-state index is 0.774. The molecule has 0 atom stereocenters. The lowest BCUT2D eigenvalue weighted by molar-refractivity contribution is 0.638. The summed E-state index contributed by atoms with van der Waals surface area (Å²) in [7, 11) is 3.88. The fourth-order valence-corrected chi connectivity index (χ4v) is 1.01. The Balaban J connectivity index is 2.70. The van der Waals surface area contributed by atoms with Crippen LogP contribution in [0.1, 0.15) is 13.3 Å². The third-order valence-electron chi connectivity index (χ3n) is 1.56. The van der Waals surface area contributed by atoms with Crippen LogP contribution < -0.4 is 0 Å². The standard InChI is InChI=1S/C9H16N4/c1-4-6-13-7-5-10-9(13)11-8-12(2)3/h5,7-8H,4,6H2,1-3H3/b11-8+. The van der Waals surface area contributed by atoms with E-state index in [1.54, 1.807) is 12.5 Å². The SMILES string of the molecule is CCCn1ccnc1/N=C/N(C)C. The number of imidazole rings is 1. The van der Waals surface area contributed by atoms with Crippen molar-refractivity contribution in [3.8, 4) is 0 Å². The minimum Gasteiger partial charge on any atom is -0.369 e. The van der Waals surface area contributed by atoms with Crippen LogP contribution in [0.5, 0.6) is 0 Å². The number of nitrogens with zero attached hydrogens (tertiary/aromatic N) is 4. The summed E-state index contributed by atoms with van der Waals surface area (Å²) in [6, 6.07) is 0. The summed E-state index contributed by atoms with van der Waals surface area (Å²) in [5.74, 6) is 0.774. The molecule has 1 heterocycles. The molecule has 0 aromatic carbocycles. The molecule has 0 fully saturated rings. The Bertz CT molecular complexity index is 275. The quantitative estimate of drug-likeness (QED) is 0.520. The molecule has 0 aliphatic rings. The number of rotatable bonds is 4. The Hall–Kier alpha value is -1.32. The van der Waals surface area contributed by atoms with Crippen molar-refractivity contribution in [2.45, 2.75) is 19.9 Å². The molecule has 0 amide bonds. The molecular formula is C9H16N4. The highest BCUT2D eigenvalue weighted by molar-refractivity contribution is 5.57. The van der Waals surface area contributed by atoms with E-state index in [1.165, 1.54) is 0 Å². The lowest BCUT2D eigenvalue weighted by atomic mass is 10.5. The molecule has 1 rings (SSSR count). The van der Waals surface area contributed by atoms with Gasteiger partial charge in [0.1, 0.15) is 0 Å². The highest BCUT2D eigenvalue weighted by atomic mass is 15.2. The van der Waals surface area contributed by atoms with Gasteiger partial charge in [-0.3, -0.25) is 0 Å². The Labute approximate surface area is 78.9 Å². The van der Waals surface area contributed by atoms with E-state index in [9.17, 15) is 0 Å². The lowest BCUT2D eigenvalue weighted by Crippen LogP contribution is -2.07. The summed E-state index contributed by atoms with van der Waals surface area (Å²) < 4.78 is 2.04. The number of aryl methyl sites for hydroxylation is 1. The van der Waals surface area contributed by atoms with Gasteiger partial charge in [-0.2, -0.15) is 0 Å². The average Bonchev–Trinajstić information content (AvgIpc) is 2.49. The molecule has 0 bridgehead atoms. The summed E-state index contributed by atoms with van der Waals surface area (Å²) >= 11 is 0. The monoisotopic (exact) mass is 180 g/mol. The Morgan fingerprint density at radius 1 is 1.62 bits per heavy atom. The van der Waals surface area contributed by atoms with E-state index in [4.69, 9.17) is 0 Å². The molecule has 72 valence electrons. The number of aromatic nitrogens is 2. The maximum atomic E-state index is 4.24. The second-order valence-electron chi connectivity index (χ2n) is 3.13. The van der Waals surface area contributed by atoms with Crippen LogP contribution in [-0.4, -0.2) is 34.9 Å². The van der Waals surface area contributed by atoms with E-state index in [2.05, 4.69) is 16.9 Å². The van der Waals surface area contributed by atoms with Crippen LogP contribution in [0.3, 0.4) is 0 Å². The highest BCUT2D eigenvalue weighted by Gasteiger charge is 1.97. The Morgan fingerprint density at radius 3 is 3.00 bits per heavy atom. The van der Waals surface area contributed by atoms with E-state index in [-0.39, 0.29) is 0 Å². The average molecular weight is 180 g/mol. The van der Waals surface area contributed by atoms with Crippen molar-refractivity contribution in [1.82, 2.24) is 14.5 Å². The predicted octanol–water partition coefficient (Wildman–Crippen LogP) is 1.51. The van der Waals surface area contributed by atoms with Crippen molar-refractivity contribution in [1.29, 1.82) is 0 Å². The smallest absolute Gasteiger partial charge is 0.230 e.